The lowest BCUT2D eigenvalue weighted by Crippen LogP contribution is -2.24. The Morgan fingerprint density at radius 3 is 2.27 bits per heavy atom. The number of hydrogen-bond donors (Lipinski definition) is 3. The third-order valence-electron chi connectivity index (χ3n) is 6.95. The fourth-order valence-corrected chi connectivity index (χ4v) is 4.66. The van der Waals surface area contributed by atoms with Gasteiger partial charge in [0.05, 0.1) is 10.4 Å². The summed E-state index contributed by atoms with van der Waals surface area (Å²) in [4.78, 5) is 47.9. The lowest BCUT2D eigenvalue weighted by Gasteiger charge is -2.07. The van der Waals surface area contributed by atoms with Crippen LogP contribution in [-0.4, -0.2) is 39.0 Å². The Hall–Kier alpha value is -4.83. The molecule has 0 saturated carbocycles. The molecule has 0 spiro atoms. The zero-order chi connectivity index (χ0) is 29.4. The summed E-state index contributed by atoms with van der Waals surface area (Å²) < 4.78 is 1.53. The number of nitro groups is 1. The van der Waals surface area contributed by atoms with E-state index in [4.69, 9.17) is 5.21 Å². The molecule has 4 rings (SSSR count). The maximum Gasteiger partial charge on any atom is 0.270 e. The highest BCUT2D eigenvalue weighted by Crippen LogP contribution is 2.29. The molecule has 0 aliphatic rings. The number of carbonyl (C=O) groups excluding carboxylic acids is 3. The molecule has 41 heavy (non-hydrogen) atoms. The van der Waals surface area contributed by atoms with Crippen molar-refractivity contribution < 1.29 is 24.5 Å². The third kappa shape index (κ3) is 7.43. The van der Waals surface area contributed by atoms with Crippen molar-refractivity contribution in [2.24, 2.45) is 0 Å². The first-order valence-electron chi connectivity index (χ1n) is 13.5. The van der Waals surface area contributed by atoms with E-state index in [9.17, 15) is 24.5 Å². The zero-order valence-corrected chi connectivity index (χ0v) is 22.8. The topological polar surface area (TPSA) is 144 Å². The summed E-state index contributed by atoms with van der Waals surface area (Å²) in [5, 5.41) is 23.5. The van der Waals surface area contributed by atoms with Crippen molar-refractivity contribution in [1.29, 1.82) is 0 Å². The average molecular weight is 557 g/mol. The number of hydrogen-bond acceptors (Lipinski definition) is 6. The van der Waals surface area contributed by atoms with Gasteiger partial charge in [0.25, 0.3) is 17.5 Å². The highest BCUT2D eigenvalue weighted by Gasteiger charge is 2.18. The van der Waals surface area contributed by atoms with E-state index in [-0.39, 0.29) is 23.9 Å². The van der Waals surface area contributed by atoms with Gasteiger partial charge in [0.1, 0.15) is 0 Å². The van der Waals surface area contributed by atoms with Crippen LogP contribution in [-0.2, 0) is 11.2 Å². The van der Waals surface area contributed by atoms with Crippen molar-refractivity contribution >= 4 is 34.3 Å². The number of aryl methyl sites for hydroxylation is 1. The Bertz CT molecular complexity index is 1560. The van der Waals surface area contributed by atoms with Crippen molar-refractivity contribution in [3.63, 3.8) is 0 Å². The van der Waals surface area contributed by atoms with Gasteiger partial charge in [0.2, 0.25) is 5.91 Å². The van der Waals surface area contributed by atoms with Gasteiger partial charge in [-0.1, -0.05) is 42.7 Å². The summed E-state index contributed by atoms with van der Waals surface area (Å²) in [6.07, 6.45) is 5.56. The second-order valence-corrected chi connectivity index (χ2v) is 9.98. The molecule has 10 nitrogen and oxygen atoms in total. The van der Waals surface area contributed by atoms with Crippen molar-refractivity contribution in [1.82, 2.24) is 15.4 Å². The van der Waals surface area contributed by atoms with E-state index in [0.717, 1.165) is 36.0 Å². The number of aromatic nitrogens is 1. The van der Waals surface area contributed by atoms with E-state index in [1.165, 1.54) is 16.7 Å². The van der Waals surface area contributed by atoms with Crippen LogP contribution in [0.3, 0.4) is 0 Å². The summed E-state index contributed by atoms with van der Waals surface area (Å²) >= 11 is 0. The minimum Gasteiger partial charge on any atom is -0.352 e. The van der Waals surface area contributed by atoms with Gasteiger partial charge < -0.3 is 5.32 Å². The molecule has 10 heteroatoms. The number of rotatable bonds is 12. The van der Waals surface area contributed by atoms with Crippen LogP contribution in [0.1, 0.15) is 69.5 Å². The van der Waals surface area contributed by atoms with Crippen LogP contribution in [0, 0.1) is 17.0 Å². The van der Waals surface area contributed by atoms with Crippen molar-refractivity contribution in [2.75, 3.05) is 6.54 Å². The fraction of sp³-hybridized carbons (Fsp3) is 0.258. The monoisotopic (exact) mass is 556 g/mol. The van der Waals surface area contributed by atoms with Crippen molar-refractivity contribution in [3.05, 3.63) is 111 Å². The molecule has 3 aromatic carbocycles. The quantitative estimate of drug-likeness (QED) is 0.0932. The first-order valence-corrected chi connectivity index (χ1v) is 13.5. The van der Waals surface area contributed by atoms with Crippen LogP contribution in [0.4, 0.5) is 5.69 Å². The van der Waals surface area contributed by atoms with Crippen LogP contribution >= 0.6 is 0 Å². The largest absolute Gasteiger partial charge is 0.352 e. The minimum absolute atomic E-state index is 0.0537. The second kappa shape index (κ2) is 13.5. The predicted molar refractivity (Wildman–Crippen MR) is 154 cm³/mol. The molecule has 212 valence electrons. The summed E-state index contributed by atoms with van der Waals surface area (Å²) in [7, 11) is 0. The normalized spacial score (nSPS) is 10.9. The minimum atomic E-state index is -0.453. The second-order valence-electron chi connectivity index (χ2n) is 9.98. The molecule has 0 unspecified atom stereocenters. The molecular formula is C31H32N4O6. The van der Waals surface area contributed by atoms with Crippen molar-refractivity contribution in [2.45, 2.75) is 45.4 Å². The Labute approximate surface area is 237 Å². The number of hydroxylamine groups is 1. The molecule has 0 aliphatic carbocycles. The van der Waals surface area contributed by atoms with Crippen LogP contribution in [0.15, 0.2) is 72.9 Å². The standard InChI is InChI=1S/C31H32N4O6/c1-21-7-11-24(12-8-21)31(38)34-20-25(27-19-26(35(40)41)15-16-28(27)34)18-22-9-13-23(14-10-22)30(37)32-17-5-3-2-4-6-29(36)33-39/h7-16,19-20,39H,2-6,17-18H2,1H3,(H,32,37)(H,33,36). The maximum atomic E-state index is 13.3. The summed E-state index contributed by atoms with van der Waals surface area (Å²) in [5.41, 5.74) is 5.86. The molecule has 4 aromatic rings. The highest BCUT2D eigenvalue weighted by atomic mass is 16.6. The van der Waals surface area contributed by atoms with Crippen LogP contribution in [0.5, 0.6) is 0 Å². The van der Waals surface area contributed by atoms with E-state index in [1.807, 2.05) is 31.2 Å². The smallest absolute Gasteiger partial charge is 0.270 e. The van der Waals surface area contributed by atoms with Gasteiger partial charge in [0, 0.05) is 47.8 Å². The lowest BCUT2D eigenvalue weighted by molar-refractivity contribution is -0.384. The summed E-state index contributed by atoms with van der Waals surface area (Å²) in [6.45, 7) is 2.46. The Morgan fingerprint density at radius 2 is 1.59 bits per heavy atom. The number of unbranched alkanes of at least 4 members (excludes halogenated alkanes) is 3. The van der Waals surface area contributed by atoms with Gasteiger partial charge in [-0.05, 0) is 67.6 Å². The molecule has 0 atom stereocenters. The lowest BCUT2D eigenvalue weighted by atomic mass is 10.0. The highest BCUT2D eigenvalue weighted by molar-refractivity contribution is 6.03. The molecule has 0 fully saturated rings. The first kappa shape index (κ1) is 29.2. The molecule has 1 aromatic heterocycles. The van der Waals surface area contributed by atoms with Crippen LogP contribution in [0.25, 0.3) is 10.9 Å². The number of fused-ring (bicyclic) bond motifs is 1. The first-order chi connectivity index (χ1) is 19.8. The van der Waals surface area contributed by atoms with E-state index in [0.29, 0.717) is 41.4 Å². The molecule has 2 amide bonds. The Balaban J connectivity index is 1.44. The van der Waals surface area contributed by atoms with Crippen LogP contribution < -0.4 is 10.8 Å². The number of amides is 2. The molecule has 1 heterocycles. The predicted octanol–water partition coefficient (Wildman–Crippen LogP) is 5.32. The number of non-ortho nitro benzene ring substituents is 1. The van der Waals surface area contributed by atoms with E-state index < -0.39 is 10.8 Å². The van der Waals surface area contributed by atoms with Crippen molar-refractivity contribution in [3.8, 4) is 0 Å². The number of carbonyl (C=O) groups is 3. The number of nitrogens with zero attached hydrogens (tertiary/aromatic N) is 2. The number of nitrogens with one attached hydrogen (secondary N) is 2. The van der Waals surface area contributed by atoms with E-state index >= 15 is 0 Å². The van der Waals surface area contributed by atoms with E-state index in [1.54, 1.807) is 42.0 Å². The third-order valence-corrected chi connectivity index (χ3v) is 6.95. The Kier molecular flexibility index (Phi) is 9.60. The van der Waals surface area contributed by atoms with Gasteiger partial charge in [-0.2, -0.15) is 0 Å². The van der Waals surface area contributed by atoms with Crippen LogP contribution in [0.2, 0.25) is 0 Å². The Morgan fingerprint density at radius 1 is 0.902 bits per heavy atom. The van der Waals surface area contributed by atoms with Gasteiger partial charge in [-0.15, -0.1) is 0 Å². The molecule has 0 radical (unpaired) electrons. The molecule has 0 aliphatic heterocycles. The average Bonchev–Trinajstić information content (AvgIpc) is 3.34. The SMILES string of the molecule is Cc1ccc(C(=O)n2cc(Cc3ccc(C(=O)NCCCCCCC(=O)NO)cc3)c3cc([N+](=O)[O-])ccc32)cc1. The maximum absolute atomic E-state index is 13.3. The fourth-order valence-electron chi connectivity index (χ4n) is 4.66. The zero-order valence-electron chi connectivity index (χ0n) is 22.8. The summed E-state index contributed by atoms with van der Waals surface area (Å²) in [5.74, 6) is -0.811. The van der Waals surface area contributed by atoms with Gasteiger partial charge in [0.15, 0.2) is 0 Å². The van der Waals surface area contributed by atoms with Gasteiger partial charge >= 0.3 is 0 Å². The molecule has 0 saturated heterocycles. The van der Waals surface area contributed by atoms with Gasteiger partial charge in [-0.25, -0.2) is 5.48 Å². The molecular weight excluding hydrogens is 524 g/mol. The van der Waals surface area contributed by atoms with Gasteiger partial charge in [-0.3, -0.25) is 34.3 Å². The number of benzene rings is 3. The molecule has 3 N–H and O–H groups in total. The summed E-state index contributed by atoms with van der Waals surface area (Å²) in [6, 6.07) is 18.9. The number of nitro benzene ring substituents is 1. The van der Waals surface area contributed by atoms with E-state index in [2.05, 4.69) is 5.32 Å². The molecule has 0 bridgehead atoms.